The lowest BCUT2D eigenvalue weighted by Crippen LogP contribution is -2.35. The summed E-state index contributed by atoms with van der Waals surface area (Å²) in [5.74, 6) is -1.32. The van der Waals surface area contributed by atoms with Crippen LogP contribution in [0.15, 0.2) is 18.2 Å². The number of nitrogens with one attached hydrogen (secondary N) is 1. The minimum absolute atomic E-state index is 0.0980. The van der Waals surface area contributed by atoms with Gasteiger partial charge in [-0.05, 0) is 13.0 Å². The number of halogens is 2. The van der Waals surface area contributed by atoms with Crippen molar-refractivity contribution in [3.05, 3.63) is 35.4 Å². The maximum Gasteiger partial charge on any atom is 0.318 e. The molecule has 0 aliphatic carbocycles. The van der Waals surface area contributed by atoms with Gasteiger partial charge >= 0.3 is 6.03 Å². The first-order valence-electron chi connectivity index (χ1n) is 5.56. The van der Waals surface area contributed by atoms with E-state index in [2.05, 4.69) is 0 Å². The van der Waals surface area contributed by atoms with Gasteiger partial charge in [0, 0.05) is 29.1 Å². The normalized spacial score (nSPS) is 11.9. The van der Waals surface area contributed by atoms with Gasteiger partial charge in [-0.2, -0.15) is 11.8 Å². The Morgan fingerprint density at radius 2 is 2.11 bits per heavy atom. The van der Waals surface area contributed by atoms with Crippen molar-refractivity contribution in [2.75, 3.05) is 5.75 Å². The van der Waals surface area contributed by atoms with Gasteiger partial charge in [0.15, 0.2) is 0 Å². The molecule has 3 amide bonds. The van der Waals surface area contributed by atoms with Crippen LogP contribution < -0.4 is 11.1 Å². The van der Waals surface area contributed by atoms with Crippen molar-refractivity contribution in [1.82, 2.24) is 5.32 Å². The maximum absolute atomic E-state index is 13.5. The second kappa shape index (κ2) is 7.08. The number of amides is 3. The van der Waals surface area contributed by atoms with Gasteiger partial charge in [-0.15, -0.1) is 0 Å². The molecule has 1 atom stereocenters. The standard InChI is InChI=1S/C12H14F2N2O2S/c1-7(9-3-2-8(13)6-10(9)14)19-5-4-11(17)16-12(15)18/h2-3,6-7H,4-5H2,1H3,(H3,15,16,17,18). The Hall–Kier alpha value is -1.63. The van der Waals surface area contributed by atoms with E-state index in [-0.39, 0.29) is 11.7 Å². The Morgan fingerprint density at radius 3 is 2.68 bits per heavy atom. The second-order valence-electron chi connectivity index (χ2n) is 3.84. The fraction of sp³-hybridized carbons (Fsp3) is 0.333. The van der Waals surface area contributed by atoms with Crippen LogP contribution in [0, 0.1) is 11.6 Å². The molecule has 1 rings (SSSR count). The summed E-state index contributed by atoms with van der Waals surface area (Å²) in [7, 11) is 0. The minimum atomic E-state index is -0.896. The molecule has 0 aliphatic rings. The zero-order valence-electron chi connectivity index (χ0n) is 10.3. The molecule has 0 aliphatic heterocycles. The van der Waals surface area contributed by atoms with Crippen molar-refractivity contribution in [2.45, 2.75) is 18.6 Å². The van der Waals surface area contributed by atoms with E-state index in [0.717, 1.165) is 6.07 Å². The van der Waals surface area contributed by atoms with Gasteiger partial charge in [-0.3, -0.25) is 10.1 Å². The molecule has 1 unspecified atom stereocenters. The summed E-state index contributed by atoms with van der Waals surface area (Å²) in [4.78, 5) is 21.5. The van der Waals surface area contributed by atoms with Gasteiger partial charge in [-0.1, -0.05) is 6.07 Å². The molecular formula is C12H14F2N2O2S. The smallest absolute Gasteiger partial charge is 0.318 e. The van der Waals surface area contributed by atoms with Crippen LogP contribution in [0.2, 0.25) is 0 Å². The number of carbonyl (C=O) groups is 2. The monoisotopic (exact) mass is 288 g/mol. The Labute approximate surface area is 113 Å². The zero-order valence-corrected chi connectivity index (χ0v) is 11.1. The Kier molecular flexibility index (Phi) is 5.75. The number of rotatable bonds is 5. The predicted molar refractivity (Wildman–Crippen MR) is 69.6 cm³/mol. The SMILES string of the molecule is CC(SCCC(=O)NC(N)=O)c1ccc(F)cc1F. The molecule has 0 saturated carbocycles. The molecule has 0 bridgehead atoms. The molecule has 1 aromatic carbocycles. The molecule has 104 valence electrons. The maximum atomic E-state index is 13.5. The average molecular weight is 288 g/mol. The van der Waals surface area contributed by atoms with E-state index in [9.17, 15) is 18.4 Å². The van der Waals surface area contributed by atoms with Gasteiger partial charge in [0.1, 0.15) is 11.6 Å². The highest BCUT2D eigenvalue weighted by atomic mass is 32.2. The quantitative estimate of drug-likeness (QED) is 0.873. The first-order valence-corrected chi connectivity index (χ1v) is 6.61. The van der Waals surface area contributed by atoms with Crippen LogP contribution in [0.1, 0.15) is 24.2 Å². The third-order valence-corrected chi connectivity index (χ3v) is 3.55. The highest BCUT2D eigenvalue weighted by Gasteiger charge is 2.13. The van der Waals surface area contributed by atoms with Crippen molar-refractivity contribution in [3.63, 3.8) is 0 Å². The van der Waals surface area contributed by atoms with E-state index in [1.165, 1.54) is 23.9 Å². The summed E-state index contributed by atoms with van der Waals surface area (Å²) >= 11 is 1.33. The molecule has 7 heteroatoms. The first-order chi connectivity index (χ1) is 8.90. The van der Waals surface area contributed by atoms with Crippen LogP contribution in [-0.2, 0) is 4.79 Å². The molecule has 0 radical (unpaired) electrons. The van der Waals surface area contributed by atoms with Gasteiger partial charge in [-0.25, -0.2) is 13.6 Å². The largest absolute Gasteiger partial charge is 0.351 e. The van der Waals surface area contributed by atoms with Gasteiger partial charge in [0.2, 0.25) is 5.91 Å². The number of urea groups is 1. The zero-order chi connectivity index (χ0) is 14.4. The third-order valence-electron chi connectivity index (χ3n) is 2.36. The Bertz CT molecular complexity index is 483. The van der Waals surface area contributed by atoms with Crippen LogP contribution >= 0.6 is 11.8 Å². The van der Waals surface area contributed by atoms with Crippen LogP contribution in [0.25, 0.3) is 0 Å². The van der Waals surface area contributed by atoms with Gasteiger partial charge in [0.05, 0.1) is 0 Å². The summed E-state index contributed by atoms with van der Waals surface area (Å²) in [5.41, 5.74) is 5.16. The highest BCUT2D eigenvalue weighted by molar-refractivity contribution is 7.99. The first kappa shape index (κ1) is 15.4. The number of carbonyl (C=O) groups excluding carboxylic acids is 2. The molecule has 3 N–H and O–H groups in total. The number of hydrogen-bond acceptors (Lipinski definition) is 3. The molecule has 0 saturated heterocycles. The molecule has 0 heterocycles. The second-order valence-corrected chi connectivity index (χ2v) is 5.29. The van der Waals surface area contributed by atoms with E-state index in [1.807, 2.05) is 5.32 Å². The van der Waals surface area contributed by atoms with E-state index >= 15 is 0 Å². The molecule has 0 spiro atoms. The molecule has 1 aromatic rings. The molecule has 4 nitrogen and oxygen atoms in total. The van der Waals surface area contributed by atoms with Gasteiger partial charge < -0.3 is 5.73 Å². The van der Waals surface area contributed by atoms with Crippen molar-refractivity contribution in [2.24, 2.45) is 5.73 Å². The lowest BCUT2D eigenvalue weighted by Gasteiger charge is -2.12. The van der Waals surface area contributed by atoms with Crippen molar-refractivity contribution in [3.8, 4) is 0 Å². The van der Waals surface area contributed by atoms with Gasteiger partial charge in [0.25, 0.3) is 0 Å². The topological polar surface area (TPSA) is 72.2 Å². The summed E-state index contributed by atoms with van der Waals surface area (Å²) in [6, 6.07) is 2.50. The predicted octanol–water partition coefficient (Wildman–Crippen LogP) is 2.34. The molecule has 19 heavy (non-hydrogen) atoms. The van der Waals surface area contributed by atoms with Crippen LogP contribution in [0.3, 0.4) is 0 Å². The highest BCUT2D eigenvalue weighted by Crippen LogP contribution is 2.30. The Morgan fingerprint density at radius 1 is 1.42 bits per heavy atom. The fourth-order valence-corrected chi connectivity index (χ4v) is 2.48. The molecule has 0 fully saturated rings. The number of primary amides is 1. The van der Waals surface area contributed by atoms with Crippen molar-refractivity contribution < 1.29 is 18.4 Å². The van der Waals surface area contributed by atoms with Crippen LogP contribution in [0.5, 0.6) is 0 Å². The minimum Gasteiger partial charge on any atom is -0.351 e. The van der Waals surface area contributed by atoms with E-state index in [4.69, 9.17) is 5.73 Å². The summed E-state index contributed by atoms with van der Waals surface area (Å²) in [6.07, 6.45) is 0.0980. The number of thioether (sulfide) groups is 1. The molecule has 0 aromatic heterocycles. The van der Waals surface area contributed by atoms with Crippen molar-refractivity contribution in [1.29, 1.82) is 0 Å². The lowest BCUT2D eigenvalue weighted by atomic mass is 10.1. The lowest BCUT2D eigenvalue weighted by molar-refractivity contribution is -0.119. The summed E-state index contributed by atoms with van der Waals surface area (Å²) in [6.45, 7) is 1.76. The molecular weight excluding hydrogens is 274 g/mol. The number of hydrogen-bond donors (Lipinski definition) is 2. The summed E-state index contributed by atoms with van der Waals surface area (Å²) < 4.78 is 26.2. The Balaban J connectivity index is 2.45. The summed E-state index contributed by atoms with van der Waals surface area (Å²) in [5, 5.41) is 1.72. The number of imide groups is 1. The number of benzene rings is 1. The number of nitrogens with two attached hydrogens (primary N) is 1. The van der Waals surface area contributed by atoms with Crippen LogP contribution in [-0.4, -0.2) is 17.7 Å². The average Bonchev–Trinajstić information content (AvgIpc) is 2.27. The van der Waals surface area contributed by atoms with E-state index < -0.39 is 23.6 Å². The van der Waals surface area contributed by atoms with Crippen molar-refractivity contribution >= 4 is 23.7 Å². The van der Waals surface area contributed by atoms with Crippen LogP contribution in [0.4, 0.5) is 13.6 Å². The van der Waals surface area contributed by atoms with E-state index in [1.54, 1.807) is 6.92 Å². The fourth-order valence-electron chi connectivity index (χ4n) is 1.45. The third kappa shape index (κ3) is 5.25. The van der Waals surface area contributed by atoms with E-state index in [0.29, 0.717) is 11.3 Å².